The molecule has 3 fully saturated rings. The first-order valence-corrected chi connectivity index (χ1v) is 12.3. The van der Waals surface area contributed by atoms with Gasteiger partial charge in [0.05, 0.1) is 23.9 Å². The molecule has 0 aromatic rings. The van der Waals surface area contributed by atoms with Gasteiger partial charge in [0.1, 0.15) is 0 Å². The molecule has 3 saturated carbocycles. The van der Waals surface area contributed by atoms with Gasteiger partial charge in [0, 0.05) is 6.42 Å². The van der Waals surface area contributed by atoms with Crippen molar-refractivity contribution in [2.24, 2.45) is 23.2 Å². The monoisotopic (exact) mass is 432 g/mol. The molecule has 0 amide bonds. The van der Waals surface area contributed by atoms with Crippen molar-refractivity contribution in [3.8, 4) is 0 Å². The molecule has 7 atom stereocenters. The summed E-state index contributed by atoms with van der Waals surface area (Å²) < 4.78 is 0. The van der Waals surface area contributed by atoms with Crippen LogP contribution in [0.15, 0.2) is 35.5 Å². The van der Waals surface area contributed by atoms with Gasteiger partial charge in [-0.15, -0.1) is 0 Å². The Kier molecular flexibility index (Phi) is 7.57. The molecule has 3 aliphatic rings. The maximum Gasteiger partial charge on any atom is 0.0811 e. The summed E-state index contributed by atoms with van der Waals surface area (Å²) in [4.78, 5) is 0. The summed E-state index contributed by atoms with van der Waals surface area (Å²) in [5.41, 5.74) is 2.44. The molecule has 31 heavy (non-hydrogen) atoms. The van der Waals surface area contributed by atoms with Crippen LogP contribution in [0.4, 0.5) is 0 Å². The van der Waals surface area contributed by atoms with Crippen molar-refractivity contribution in [3.63, 3.8) is 0 Å². The molecule has 176 valence electrons. The highest BCUT2D eigenvalue weighted by molar-refractivity contribution is 5.38. The molecule has 0 spiro atoms. The normalized spacial score (nSPS) is 40.4. The highest BCUT2D eigenvalue weighted by Crippen LogP contribution is 2.60. The van der Waals surface area contributed by atoms with Gasteiger partial charge in [-0.25, -0.2) is 0 Å². The highest BCUT2D eigenvalue weighted by Gasteiger charge is 2.52. The molecule has 0 aromatic heterocycles. The van der Waals surface area contributed by atoms with Gasteiger partial charge in [0.2, 0.25) is 0 Å². The van der Waals surface area contributed by atoms with Gasteiger partial charge in [0.25, 0.3) is 0 Å². The third kappa shape index (κ3) is 5.71. The van der Waals surface area contributed by atoms with Gasteiger partial charge < -0.3 is 20.4 Å². The fourth-order valence-electron chi connectivity index (χ4n) is 6.80. The minimum Gasteiger partial charge on any atom is -0.393 e. The zero-order valence-electron chi connectivity index (χ0n) is 20.0. The molecule has 0 unspecified atom stereocenters. The largest absolute Gasteiger partial charge is 0.393 e. The van der Waals surface area contributed by atoms with Crippen LogP contribution in [0.2, 0.25) is 0 Å². The summed E-state index contributed by atoms with van der Waals surface area (Å²) in [5, 5.41) is 41.0. The first-order valence-electron chi connectivity index (χ1n) is 12.3. The second kappa shape index (κ2) is 9.51. The number of aliphatic hydroxyl groups excluding tert-OH is 3. The van der Waals surface area contributed by atoms with E-state index in [4.69, 9.17) is 0 Å². The van der Waals surface area contributed by atoms with E-state index in [0.717, 1.165) is 37.7 Å². The van der Waals surface area contributed by atoms with E-state index in [1.165, 1.54) is 12.0 Å². The number of hydrogen-bond donors (Lipinski definition) is 4. The van der Waals surface area contributed by atoms with Gasteiger partial charge in [-0.2, -0.15) is 0 Å². The molecule has 4 N–H and O–H groups in total. The molecule has 0 bridgehead atoms. The Morgan fingerprint density at radius 2 is 1.84 bits per heavy atom. The Balaban J connectivity index is 1.75. The Morgan fingerprint density at radius 3 is 2.52 bits per heavy atom. The van der Waals surface area contributed by atoms with Crippen molar-refractivity contribution < 1.29 is 20.4 Å². The fraction of sp³-hybridized carbons (Fsp3) is 0.778. The lowest BCUT2D eigenvalue weighted by Gasteiger charge is -2.46. The van der Waals surface area contributed by atoms with Crippen molar-refractivity contribution in [1.82, 2.24) is 0 Å². The molecule has 0 saturated heterocycles. The molecule has 3 aliphatic carbocycles. The van der Waals surface area contributed by atoms with Crippen LogP contribution in [0.3, 0.4) is 0 Å². The highest BCUT2D eigenvalue weighted by atomic mass is 16.3. The lowest BCUT2D eigenvalue weighted by molar-refractivity contribution is 0.0146. The lowest BCUT2D eigenvalue weighted by Crippen LogP contribution is -2.41. The Hall–Kier alpha value is -0.940. The molecule has 0 heterocycles. The maximum atomic E-state index is 10.8. The lowest BCUT2D eigenvalue weighted by atomic mass is 9.60. The van der Waals surface area contributed by atoms with E-state index in [-0.39, 0.29) is 11.5 Å². The van der Waals surface area contributed by atoms with Crippen molar-refractivity contribution in [2.75, 3.05) is 0 Å². The Bertz CT molecular complexity index is 715. The molecule has 3 rings (SSSR count). The van der Waals surface area contributed by atoms with E-state index in [0.29, 0.717) is 42.6 Å². The summed E-state index contributed by atoms with van der Waals surface area (Å²) in [7, 11) is 0. The minimum absolute atomic E-state index is 0.0960. The van der Waals surface area contributed by atoms with Crippen LogP contribution in [0.5, 0.6) is 0 Å². The number of hydrogen-bond acceptors (Lipinski definition) is 4. The SMILES string of the molecule is C=C1/C(=C/C=C2\C[C@@H](O)C[C@]3(C)[C@@H]([C@H](C)CCCC(C)(C)O)CC[C@@H]23)C[C@@H](O)C[C@@H]1O. The number of fused-ring (bicyclic) bond motifs is 1. The summed E-state index contributed by atoms with van der Waals surface area (Å²) >= 11 is 0. The van der Waals surface area contributed by atoms with Gasteiger partial charge in [-0.05, 0) is 86.7 Å². The van der Waals surface area contributed by atoms with Crippen molar-refractivity contribution in [2.45, 2.75) is 109 Å². The van der Waals surface area contributed by atoms with Crippen LogP contribution < -0.4 is 0 Å². The first-order chi connectivity index (χ1) is 14.4. The zero-order chi connectivity index (χ0) is 23.0. The molecule has 4 nitrogen and oxygen atoms in total. The van der Waals surface area contributed by atoms with Crippen LogP contribution in [-0.2, 0) is 0 Å². The summed E-state index contributed by atoms with van der Waals surface area (Å²) in [6, 6.07) is 0. The topological polar surface area (TPSA) is 80.9 Å². The van der Waals surface area contributed by atoms with E-state index in [1.54, 1.807) is 0 Å². The van der Waals surface area contributed by atoms with Crippen LogP contribution in [0.1, 0.15) is 85.5 Å². The third-order valence-corrected chi connectivity index (χ3v) is 8.40. The van der Waals surface area contributed by atoms with Crippen molar-refractivity contribution >= 4 is 0 Å². The van der Waals surface area contributed by atoms with E-state index in [9.17, 15) is 20.4 Å². The Labute approximate surface area is 188 Å². The average Bonchev–Trinajstić information content (AvgIpc) is 2.98. The zero-order valence-corrected chi connectivity index (χ0v) is 20.0. The molecular formula is C27H44O4. The number of allylic oxidation sites excluding steroid dienone is 2. The summed E-state index contributed by atoms with van der Waals surface area (Å²) in [6.45, 7) is 12.5. The van der Waals surface area contributed by atoms with Crippen molar-refractivity contribution in [1.29, 1.82) is 0 Å². The van der Waals surface area contributed by atoms with Gasteiger partial charge in [-0.1, -0.05) is 51.0 Å². The van der Waals surface area contributed by atoms with Crippen LogP contribution in [0.25, 0.3) is 0 Å². The first kappa shape index (κ1) is 24.7. The van der Waals surface area contributed by atoms with Crippen LogP contribution >= 0.6 is 0 Å². The van der Waals surface area contributed by atoms with E-state index >= 15 is 0 Å². The second-order valence-corrected chi connectivity index (χ2v) is 11.6. The molecule has 0 aromatic carbocycles. The second-order valence-electron chi connectivity index (χ2n) is 11.6. The minimum atomic E-state index is -0.670. The van der Waals surface area contributed by atoms with E-state index < -0.39 is 17.8 Å². The van der Waals surface area contributed by atoms with Gasteiger partial charge in [-0.3, -0.25) is 0 Å². The predicted molar refractivity (Wildman–Crippen MR) is 125 cm³/mol. The number of rotatable bonds is 6. The average molecular weight is 433 g/mol. The van der Waals surface area contributed by atoms with Gasteiger partial charge in [0.15, 0.2) is 0 Å². The van der Waals surface area contributed by atoms with Crippen LogP contribution in [0, 0.1) is 23.2 Å². The standard InChI is InChI=1S/C27H44O4/c1-17(7-6-12-26(3,4)31)23-10-11-24-20(14-22(29)16-27(23,24)5)9-8-19-13-21(28)15-25(30)18(19)2/h8-9,17,21-25,28-31H,2,6-7,10-16H2,1,3-5H3/b19-8+,20-9+/t17-,21-,22-,23-,24+,25+,27-/m1/s1. The van der Waals surface area contributed by atoms with Gasteiger partial charge >= 0.3 is 0 Å². The molecule has 0 aliphatic heterocycles. The molecular weight excluding hydrogens is 388 g/mol. The molecule has 4 heteroatoms. The quantitative estimate of drug-likeness (QED) is 0.491. The van der Waals surface area contributed by atoms with Crippen LogP contribution in [-0.4, -0.2) is 44.3 Å². The third-order valence-electron chi connectivity index (χ3n) is 8.40. The summed E-state index contributed by atoms with van der Waals surface area (Å²) in [6.07, 6.45) is 10.5. The molecule has 0 radical (unpaired) electrons. The number of aliphatic hydroxyl groups is 4. The Morgan fingerprint density at radius 1 is 1.13 bits per heavy atom. The van der Waals surface area contributed by atoms with Crippen molar-refractivity contribution in [3.05, 3.63) is 35.5 Å². The smallest absolute Gasteiger partial charge is 0.0811 e. The fourth-order valence-corrected chi connectivity index (χ4v) is 6.80. The van der Waals surface area contributed by atoms with E-state index in [1.807, 2.05) is 19.9 Å². The summed E-state index contributed by atoms with van der Waals surface area (Å²) in [5.74, 6) is 1.63. The maximum absolute atomic E-state index is 10.8. The predicted octanol–water partition coefficient (Wildman–Crippen LogP) is 4.68. The van der Waals surface area contributed by atoms with E-state index in [2.05, 4.69) is 26.5 Å².